The summed E-state index contributed by atoms with van der Waals surface area (Å²) in [5, 5.41) is 10.4. The van der Waals surface area contributed by atoms with E-state index in [0.717, 1.165) is 16.8 Å². The minimum atomic E-state index is -0.200. The van der Waals surface area contributed by atoms with Crippen LogP contribution in [-0.2, 0) is 0 Å². The fourth-order valence-electron chi connectivity index (χ4n) is 2.72. The van der Waals surface area contributed by atoms with Crippen molar-refractivity contribution in [3.05, 3.63) is 42.1 Å². The molecule has 25 heavy (non-hydrogen) atoms. The first kappa shape index (κ1) is 17.5. The smallest absolute Gasteiger partial charge is 0.118 e. The maximum atomic E-state index is 10.4. The molecule has 0 fully saturated rings. The molecule has 1 heterocycles. The van der Waals surface area contributed by atoms with Gasteiger partial charge < -0.3 is 5.11 Å². The number of aryl methyl sites for hydroxylation is 1. The summed E-state index contributed by atoms with van der Waals surface area (Å²) in [4.78, 5) is 4.46. The molecular formula is C18H10B5NO. The molecule has 0 bridgehead atoms. The standard InChI is InChI=1S/C18H10B5NO/c1-8-6-12(9-2-4-10(19)5-3-9)24-7-11(8)13-14(20)15(21)16(22)17(23)18(13)25/h2-7,25H,1H3. The maximum absolute atomic E-state index is 10.4. The predicted molar refractivity (Wildman–Crippen MR) is 108 cm³/mol. The minimum Gasteiger partial charge on any atom is -0.508 e. The van der Waals surface area contributed by atoms with Crippen molar-refractivity contribution in [3.63, 3.8) is 0 Å². The third kappa shape index (κ3) is 3.04. The van der Waals surface area contributed by atoms with E-state index in [9.17, 15) is 5.11 Å². The molecule has 3 aromatic rings. The van der Waals surface area contributed by atoms with E-state index < -0.39 is 0 Å². The lowest BCUT2D eigenvalue weighted by molar-refractivity contribution is 0.482. The lowest BCUT2D eigenvalue weighted by Gasteiger charge is -2.20. The molecule has 2 aromatic carbocycles. The van der Waals surface area contributed by atoms with E-state index in [1.165, 1.54) is 0 Å². The van der Waals surface area contributed by atoms with E-state index in [2.05, 4.69) is 4.98 Å². The molecule has 0 aliphatic heterocycles. The average Bonchev–Trinajstić information content (AvgIpc) is 2.60. The van der Waals surface area contributed by atoms with Crippen molar-refractivity contribution >= 4 is 66.5 Å². The molecule has 2 nitrogen and oxygen atoms in total. The van der Waals surface area contributed by atoms with Crippen LogP contribution in [0.5, 0.6) is 5.75 Å². The Morgan fingerprint density at radius 3 is 2.04 bits per heavy atom. The van der Waals surface area contributed by atoms with E-state index in [1.54, 1.807) is 6.20 Å². The highest BCUT2D eigenvalue weighted by Crippen LogP contribution is 2.29. The van der Waals surface area contributed by atoms with Gasteiger partial charge in [-0.05, 0) is 18.6 Å². The van der Waals surface area contributed by atoms with Crippen LogP contribution in [0, 0.1) is 6.92 Å². The molecule has 0 aliphatic carbocycles. The van der Waals surface area contributed by atoms with E-state index in [1.807, 2.05) is 37.3 Å². The summed E-state index contributed by atoms with van der Waals surface area (Å²) >= 11 is 0. The zero-order chi connectivity index (χ0) is 18.3. The number of hydrogen-bond acceptors (Lipinski definition) is 2. The zero-order valence-corrected chi connectivity index (χ0v) is 13.7. The highest BCUT2D eigenvalue weighted by Gasteiger charge is 2.17. The number of benzene rings is 2. The van der Waals surface area contributed by atoms with Crippen LogP contribution < -0.4 is 27.3 Å². The SMILES string of the molecule is [B]c1ccc(-c2cc(C)c(-c3c([B])c([B])c([B])c([B])c3O)cn2)cc1. The predicted octanol–water partition coefficient (Wildman–Crippen LogP) is -1.60. The molecule has 10 radical (unpaired) electrons. The molecule has 0 aliphatic rings. The lowest BCUT2D eigenvalue weighted by atomic mass is 9.64. The normalized spacial score (nSPS) is 10.8. The summed E-state index contributed by atoms with van der Waals surface area (Å²) in [6, 6.07) is 9.29. The van der Waals surface area contributed by atoms with Crippen LogP contribution in [0.4, 0.5) is 0 Å². The summed E-state index contributed by atoms with van der Waals surface area (Å²) in [7, 11) is 29.3. The number of pyridine rings is 1. The summed E-state index contributed by atoms with van der Waals surface area (Å²) in [5.41, 5.74) is 4.60. The van der Waals surface area contributed by atoms with Gasteiger partial charge in [0.05, 0.1) is 5.69 Å². The lowest BCUT2D eigenvalue weighted by Crippen LogP contribution is -2.48. The Morgan fingerprint density at radius 2 is 1.44 bits per heavy atom. The second-order valence-electron chi connectivity index (χ2n) is 5.88. The van der Waals surface area contributed by atoms with Crippen LogP contribution in [0.25, 0.3) is 22.4 Å². The van der Waals surface area contributed by atoms with E-state index in [4.69, 9.17) is 39.2 Å². The monoisotopic (exact) mass is 311 g/mol. The van der Waals surface area contributed by atoms with E-state index in [0.29, 0.717) is 16.6 Å². The number of phenols is 1. The maximum Gasteiger partial charge on any atom is 0.118 e. The second kappa shape index (κ2) is 6.55. The summed E-state index contributed by atoms with van der Waals surface area (Å²) in [6.07, 6.45) is 1.63. The van der Waals surface area contributed by atoms with Crippen LogP contribution in [0.2, 0.25) is 0 Å². The Balaban J connectivity index is 2.16. The van der Waals surface area contributed by atoms with Crippen LogP contribution >= 0.6 is 0 Å². The topological polar surface area (TPSA) is 33.1 Å². The Bertz CT molecular complexity index is 941. The Kier molecular flexibility index (Phi) is 4.59. The molecule has 0 saturated heterocycles. The molecule has 0 saturated carbocycles. The number of rotatable bonds is 2. The summed E-state index contributed by atoms with van der Waals surface area (Å²) in [5.74, 6) is -0.200. The molecular weight excluding hydrogens is 300 g/mol. The third-order valence-electron chi connectivity index (χ3n) is 4.22. The largest absolute Gasteiger partial charge is 0.508 e. The molecule has 0 atom stereocenters. The van der Waals surface area contributed by atoms with Gasteiger partial charge in [0.1, 0.15) is 45.0 Å². The molecule has 3 rings (SSSR count). The number of aromatic hydroxyl groups is 1. The highest BCUT2D eigenvalue weighted by atomic mass is 16.3. The number of hydrogen-bond donors (Lipinski definition) is 1. The fourth-order valence-corrected chi connectivity index (χ4v) is 2.72. The number of aromatic nitrogens is 1. The molecule has 1 aromatic heterocycles. The van der Waals surface area contributed by atoms with Gasteiger partial charge >= 0.3 is 0 Å². The van der Waals surface area contributed by atoms with Crippen molar-refractivity contribution in [2.24, 2.45) is 0 Å². The molecule has 0 spiro atoms. The first-order valence-electron chi connectivity index (χ1n) is 7.59. The summed E-state index contributed by atoms with van der Waals surface area (Å²) < 4.78 is 0. The van der Waals surface area contributed by atoms with Crippen LogP contribution in [0.15, 0.2) is 36.5 Å². The highest BCUT2D eigenvalue weighted by molar-refractivity contribution is 6.64. The van der Waals surface area contributed by atoms with Crippen molar-refractivity contribution in [2.75, 3.05) is 0 Å². The van der Waals surface area contributed by atoms with Crippen molar-refractivity contribution in [1.82, 2.24) is 4.98 Å². The molecule has 0 unspecified atom stereocenters. The van der Waals surface area contributed by atoms with Gasteiger partial charge in [-0.15, -0.1) is 10.9 Å². The van der Waals surface area contributed by atoms with E-state index >= 15 is 0 Å². The molecule has 108 valence electrons. The van der Waals surface area contributed by atoms with Crippen LogP contribution in [-0.4, -0.2) is 49.3 Å². The van der Waals surface area contributed by atoms with Crippen molar-refractivity contribution < 1.29 is 5.11 Å². The van der Waals surface area contributed by atoms with Gasteiger partial charge in [0.25, 0.3) is 0 Å². The van der Waals surface area contributed by atoms with E-state index in [-0.39, 0.29) is 27.6 Å². The Labute approximate surface area is 154 Å². The van der Waals surface area contributed by atoms with Gasteiger partial charge in [-0.1, -0.05) is 40.7 Å². The Hall–Kier alpha value is -2.29. The quantitative estimate of drug-likeness (QED) is 0.578. The first-order chi connectivity index (χ1) is 11.8. The molecule has 7 heteroatoms. The molecule has 0 amide bonds. The van der Waals surface area contributed by atoms with Gasteiger partial charge in [-0.3, -0.25) is 4.98 Å². The van der Waals surface area contributed by atoms with Crippen molar-refractivity contribution in [2.45, 2.75) is 6.92 Å². The van der Waals surface area contributed by atoms with Gasteiger partial charge in [0.2, 0.25) is 0 Å². The van der Waals surface area contributed by atoms with Gasteiger partial charge in [0, 0.05) is 22.9 Å². The minimum absolute atomic E-state index is 0.00344. The second-order valence-corrected chi connectivity index (χ2v) is 5.88. The first-order valence-corrected chi connectivity index (χ1v) is 7.59. The Morgan fingerprint density at radius 1 is 0.840 bits per heavy atom. The fraction of sp³-hybridized carbons (Fsp3) is 0.0556. The van der Waals surface area contributed by atoms with Crippen molar-refractivity contribution in [1.29, 1.82) is 0 Å². The van der Waals surface area contributed by atoms with Crippen LogP contribution in [0.1, 0.15) is 5.56 Å². The number of nitrogens with zero attached hydrogens (tertiary/aromatic N) is 1. The number of phenolic OH excluding ortho intramolecular Hbond substituents is 1. The van der Waals surface area contributed by atoms with Gasteiger partial charge in [0.15, 0.2) is 0 Å². The van der Waals surface area contributed by atoms with Gasteiger partial charge in [-0.2, -0.15) is 0 Å². The van der Waals surface area contributed by atoms with Gasteiger partial charge in [-0.25, -0.2) is 0 Å². The third-order valence-corrected chi connectivity index (χ3v) is 4.22. The average molecular weight is 310 g/mol. The van der Waals surface area contributed by atoms with Crippen LogP contribution in [0.3, 0.4) is 0 Å². The summed E-state index contributed by atoms with van der Waals surface area (Å²) in [6.45, 7) is 1.89. The van der Waals surface area contributed by atoms with Crippen molar-refractivity contribution in [3.8, 4) is 28.1 Å². The zero-order valence-electron chi connectivity index (χ0n) is 13.7. The molecule has 1 N–H and O–H groups in total.